The van der Waals surface area contributed by atoms with Crippen LogP contribution in [-0.2, 0) is 4.74 Å². The van der Waals surface area contributed by atoms with Gasteiger partial charge in [-0.15, -0.1) is 0 Å². The van der Waals surface area contributed by atoms with Crippen molar-refractivity contribution in [2.45, 2.75) is 26.2 Å². The highest BCUT2D eigenvalue weighted by molar-refractivity contribution is 6.32. The molecular weight excluding hydrogens is 302 g/mol. The highest BCUT2D eigenvalue weighted by Gasteiger charge is 2.17. The summed E-state index contributed by atoms with van der Waals surface area (Å²) in [4.78, 5) is 15.0. The highest BCUT2D eigenvalue weighted by Crippen LogP contribution is 2.30. The molecule has 1 aromatic heterocycles. The molecule has 4 nitrogen and oxygen atoms in total. The molecule has 1 aliphatic rings. The van der Waals surface area contributed by atoms with E-state index in [-0.39, 0.29) is 11.5 Å². The monoisotopic (exact) mass is 321 g/mol. The molecule has 0 spiro atoms. The van der Waals surface area contributed by atoms with E-state index in [1.807, 2.05) is 26.0 Å². The zero-order valence-electron chi connectivity index (χ0n) is 12.8. The molecular formula is C17H20ClNO3. The first-order valence-electron chi connectivity index (χ1n) is 7.61. The van der Waals surface area contributed by atoms with Gasteiger partial charge in [-0.3, -0.25) is 4.79 Å². The van der Waals surface area contributed by atoms with E-state index in [1.54, 1.807) is 6.07 Å². The smallest absolute Gasteiger partial charge is 0.251 e. The van der Waals surface area contributed by atoms with E-state index < -0.39 is 0 Å². The predicted octanol–water partition coefficient (Wildman–Crippen LogP) is 3.72. The summed E-state index contributed by atoms with van der Waals surface area (Å²) in [5.41, 5.74) is 1.46. The SMILES string of the molecule is CC(C)c1cc2cc(Cl)c(OCC3CCOC3)cc2[nH]c1=O. The Kier molecular flexibility index (Phi) is 4.41. The summed E-state index contributed by atoms with van der Waals surface area (Å²) in [5.74, 6) is 1.19. The average molecular weight is 322 g/mol. The van der Waals surface area contributed by atoms with Crippen LogP contribution in [0.5, 0.6) is 5.75 Å². The molecule has 3 rings (SSSR count). The average Bonchev–Trinajstić information content (AvgIpc) is 2.98. The Morgan fingerprint density at radius 3 is 2.91 bits per heavy atom. The zero-order valence-corrected chi connectivity index (χ0v) is 13.6. The minimum Gasteiger partial charge on any atom is -0.492 e. The van der Waals surface area contributed by atoms with Crippen molar-refractivity contribution in [3.8, 4) is 5.75 Å². The molecule has 0 bridgehead atoms. The molecule has 5 heteroatoms. The molecule has 1 saturated heterocycles. The normalized spacial score (nSPS) is 18.3. The van der Waals surface area contributed by atoms with Crippen LogP contribution in [0, 0.1) is 5.92 Å². The number of hydrogen-bond donors (Lipinski definition) is 1. The molecule has 0 aliphatic carbocycles. The van der Waals surface area contributed by atoms with Crippen LogP contribution < -0.4 is 10.3 Å². The summed E-state index contributed by atoms with van der Waals surface area (Å²) < 4.78 is 11.1. The van der Waals surface area contributed by atoms with Gasteiger partial charge in [-0.05, 0) is 24.5 Å². The molecule has 0 saturated carbocycles. The molecule has 1 fully saturated rings. The molecule has 22 heavy (non-hydrogen) atoms. The Balaban J connectivity index is 1.90. The maximum atomic E-state index is 12.1. The molecule has 0 amide bonds. The molecule has 2 heterocycles. The topological polar surface area (TPSA) is 51.3 Å². The van der Waals surface area contributed by atoms with Crippen molar-refractivity contribution >= 4 is 22.5 Å². The van der Waals surface area contributed by atoms with Gasteiger partial charge < -0.3 is 14.5 Å². The van der Waals surface area contributed by atoms with Crippen LogP contribution in [0.4, 0.5) is 0 Å². The number of benzene rings is 1. The fourth-order valence-corrected chi connectivity index (χ4v) is 2.91. The highest BCUT2D eigenvalue weighted by atomic mass is 35.5. The van der Waals surface area contributed by atoms with Crippen molar-refractivity contribution in [1.82, 2.24) is 4.98 Å². The van der Waals surface area contributed by atoms with E-state index in [9.17, 15) is 4.79 Å². The lowest BCUT2D eigenvalue weighted by molar-refractivity contribution is 0.167. The summed E-state index contributed by atoms with van der Waals surface area (Å²) >= 11 is 6.31. The van der Waals surface area contributed by atoms with Crippen LogP contribution >= 0.6 is 11.6 Å². The number of fused-ring (bicyclic) bond motifs is 1. The van der Waals surface area contributed by atoms with Crippen LogP contribution in [0.1, 0.15) is 31.7 Å². The van der Waals surface area contributed by atoms with Crippen molar-refractivity contribution < 1.29 is 9.47 Å². The van der Waals surface area contributed by atoms with Crippen molar-refractivity contribution in [3.05, 3.63) is 39.1 Å². The fraction of sp³-hybridized carbons (Fsp3) is 0.471. The van der Waals surface area contributed by atoms with Gasteiger partial charge in [0, 0.05) is 29.5 Å². The lowest BCUT2D eigenvalue weighted by Crippen LogP contribution is -2.14. The second-order valence-electron chi connectivity index (χ2n) is 6.12. The number of H-pyrrole nitrogens is 1. The van der Waals surface area contributed by atoms with Crippen LogP contribution in [0.15, 0.2) is 23.0 Å². The van der Waals surface area contributed by atoms with E-state index >= 15 is 0 Å². The number of halogens is 1. The van der Waals surface area contributed by atoms with Gasteiger partial charge in [0.05, 0.1) is 23.8 Å². The molecule has 2 aromatic rings. The number of pyridine rings is 1. The lowest BCUT2D eigenvalue weighted by atomic mass is 10.0. The van der Waals surface area contributed by atoms with Gasteiger partial charge >= 0.3 is 0 Å². The van der Waals surface area contributed by atoms with Gasteiger partial charge in [0.2, 0.25) is 0 Å². The van der Waals surface area contributed by atoms with Crippen LogP contribution in [-0.4, -0.2) is 24.8 Å². The van der Waals surface area contributed by atoms with Gasteiger partial charge in [-0.1, -0.05) is 25.4 Å². The third kappa shape index (κ3) is 3.13. The summed E-state index contributed by atoms with van der Waals surface area (Å²) in [7, 11) is 0. The van der Waals surface area contributed by atoms with E-state index in [0.717, 1.165) is 36.1 Å². The van der Waals surface area contributed by atoms with Gasteiger partial charge in [0.15, 0.2) is 0 Å². The van der Waals surface area contributed by atoms with Crippen molar-refractivity contribution in [3.63, 3.8) is 0 Å². The quantitative estimate of drug-likeness (QED) is 0.933. The number of hydrogen-bond acceptors (Lipinski definition) is 3. The Bertz CT molecular complexity index is 732. The first-order chi connectivity index (χ1) is 10.5. The Morgan fingerprint density at radius 2 is 2.23 bits per heavy atom. The third-order valence-corrected chi connectivity index (χ3v) is 4.34. The number of nitrogens with one attached hydrogen (secondary N) is 1. The summed E-state index contributed by atoms with van der Waals surface area (Å²) in [6.07, 6.45) is 1.01. The predicted molar refractivity (Wildman–Crippen MR) is 88.1 cm³/mol. The Hall–Kier alpha value is -1.52. The standard InChI is InChI=1S/C17H20ClNO3/c1-10(2)13-5-12-6-14(18)16(7-15(12)19-17(13)20)22-9-11-3-4-21-8-11/h5-7,10-11H,3-4,8-9H2,1-2H3,(H,19,20). The van der Waals surface area contributed by atoms with Crippen LogP contribution in [0.25, 0.3) is 10.9 Å². The molecule has 1 atom stereocenters. The fourth-order valence-electron chi connectivity index (χ4n) is 2.69. The maximum absolute atomic E-state index is 12.1. The summed E-state index contributed by atoms with van der Waals surface area (Å²) in [6, 6.07) is 5.55. The van der Waals surface area contributed by atoms with Crippen LogP contribution in [0.3, 0.4) is 0 Å². The first-order valence-corrected chi connectivity index (χ1v) is 7.99. The third-order valence-electron chi connectivity index (χ3n) is 4.05. The summed E-state index contributed by atoms with van der Waals surface area (Å²) in [5, 5.41) is 1.48. The maximum Gasteiger partial charge on any atom is 0.251 e. The molecule has 1 aromatic carbocycles. The van der Waals surface area contributed by atoms with E-state index in [4.69, 9.17) is 21.1 Å². The summed E-state index contributed by atoms with van der Waals surface area (Å²) in [6.45, 7) is 6.11. The van der Waals surface area contributed by atoms with Gasteiger partial charge in [-0.2, -0.15) is 0 Å². The molecule has 1 N–H and O–H groups in total. The van der Waals surface area contributed by atoms with Crippen molar-refractivity contribution in [1.29, 1.82) is 0 Å². The second-order valence-corrected chi connectivity index (χ2v) is 6.53. The van der Waals surface area contributed by atoms with Crippen molar-refractivity contribution in [2.24, 2.45) is 5.92 Å². The zero-order chi connectivity index (χ0) is 15.7. The molecule has 118 valence electrons. The largest absolute Gasteiger partial charge is 0.492 e. The Morgan fingerprint density at radius 1 is 1.41 bits per heavy atom. The van der Waals surface area contributed by atoms with E-state index in [0.29, 0.717) is 23.3 Å². The van der Waals surface area contributed by atoms with Gasteiger partial charge in [0.1, 0.15) is 5.75 Å². The second kappa shape index (κ2) is 6.31. The van der Waals surface area contributed by atoms with Crippen molar-refractivity contribution in [2.75, 3.05) is 19.8 Å². The molecule has 1 unspecified atom stereocenters. The molecule has 0 radical (unpaired) electrons. The lowest BCUT2D eigenvalue weighted by Gasteiger charge is -2.13. The van der Waals surface area contributed by atoms with E-state index in [2.05, 4.69) is 4.98 Å². The van der Waals surface area contributed by atoms with Gasteiger partial charge in [-0.25, -0.2) is 0 Å². The first kappa shape index (κ1) is 15.4. The minimum absolute atomic E-state index is 0.0556. The van der Waals surface area contributed by atoms with Crippen LogP contribution in [0.2, 0.25) is 5.02 Å². The molecule has 1 aliphatic heterocycles. The number of aromatic amines is 1. The van der Waals surface area contributed by atoms with Gasteiger partial charge in [0.25, 0.3) is 5.56 Å². The number of aromatic nitrogens is 1. The minimum atomic E-state index is -0.0556. The number of ether oxygens (including phenoxy) is 2. The van der Waals surface area contributed by atoms with E-state index in [1.165, 1.54) is 0 Å². The number of rotatable bonds is 4. The Labute approximate surface area is 134 Å².